The predicted octanol–water partition coefficient (Wildman–Crippen LogP) is 3.87. The summed E-state index contributed by atoms with van der Waals surface area (Å²) in [6.07, 6.45) is 2.95. The van der Waals surface area contributed by atoms with Gasteiger partial charge in [0, 0.05) is 29.7 Å². The minimum atomic E-state index is -0.520. The molecule has 0 radical (unpaired) electrons. The molecule has 2 aromatic carbocycles. The minimum absolute atomic E-state index is 0.0136. The van der Waals surface area contributed by atoms with Gasteiger partial charge in [0.2, 0.25) is 0 Å². The van der Waals surface area contributed by atoms with Crippen molar-refractivity contribution in [1.82, 2.24) is 0 Å². The van der Waals surface area contributed by atoms with E-state index in [1.807, 2.05) is 39.0 Å². The fourth-order valence-corrected chi connectivity index (χ4v) is 4.80. The van der Waals surface area contributed by atoms with Crippen molar-refractivity contribution in [3.63, 3.8) is 0 Å². The van der Waals surface area contributed by atoms with Crippen LogP contribution in [0.1, 0.15) is 59.9 Å². The number of rotatable bonds is 7. The first-order valence-corrected chi connectivity index (χ1v) is 11.0. The molecule has 0 saturated heterocycles. The van der Waals surface area contributed by atoms with Crippen molar-refractivity contribution >= 4 is 11.6 Å². The second kappa shape index (κ2) is 9.28. The third kappa shape index (κ3) is 4.35. The summed E-state index contributed by atoms with van der Waals surface area (Å²) in [5.74, 6) is 1.85. The van der Waals surface area contributed by atoms with Crippen molar-refractivity contribution in [2.24, 2.45) is 16.5 Å². The van der Waals surface area contributed by atoms with Gasteiger partial charge in [-0.25, -0.2) is 4.99 Å². The number of benzene rings is 2. The van der Waals surface area contributed by atoms with E-state index in [1.165, 1.54) is 0 Å². The van der Waals surface area contributed by atoms with Gasteiger partial charge in [-0.15, -0.1) is 0 Å². The van der Waals surface area contributed by atoms with Gasteiger partial charge in [-0.2, -0.15) is 0 Å². The number of methoxy groups -OCH3 is 1. The number of phenolic OH excluding ortho intramolecular Hbond substituents is 1. The van der Waals surface area contributed by atoms with Gasteiger partial charge in [0.25, 0.3) is 0 Å². The second-order valence-electron chi connectivity index (χ2n) is 8.83. The first-order chi connectivity index (χ1) is 15.1. The minimum Gasteiger partial charge on any atom is -0.507 e. The van der Waals surface area contributed by atoms with Crippen LogP contribution in [0.5, 0.6) is 17.2 Å². The third-order valence-corrected chi connectivity index (χ3v) is 6.79. The molecule has 0 aromatic heterocycles. The predicted molar refractivity (Wildman–Crippen MR) is 127 cm³/mol. The van der Waals surface area contributed by atoms with Gasteiger partial charge in [-0.05, 0) is 76.1 Å². The Hall–Kier alpha value is -2.93. The summed E-state index contributed by atoms with van der Waals surface area (Å²) in [4.78, 5) is 4.13. The molecule has 0 bridgehead atoms. The molecule has 7 nitrogen and oxygen atoms in total. The van der Waals surface area contributed by atoms with Crippen LogP contribution in [0.2, 0.25) is 0 Å². The molecular formula is C25H35N3O4. The molecule has 1 aliphatic heterocycles. The Balaban J connectivity index is 2.09. The average molecular weight is 442 g/mol. The van der Waals surface area contributed by atoms with Gasteiger partial charge in [-0.1, -0.05) is 6.07 Å². The van der Waals surface area contributed by atoms with Gasteiger partial charge in [-0.3, -0.25) is 0 Å². The van der Waals surface area contributed by atoms with E-state index in [0.717, 1.165) is 52.8 Å². The molecule has 3 rings (SSSR count). The van der Waals surface area contributed by atoms with Crippen molar-refractivity contribution in [1.29, 1.82) is 0 Å². The maximum absolute atomic E-state index is 10.5. The molecule has 0 spiro atoms. The second-order valence-corrected chi connectivity index (χ2v) is 8.83. The Morgan fingerprint density at radius 2 is 1.94 bits per heavy atom. The van der Waals surface area contributed by atoms with E-state index in [0.29, 0.717) is 23.6 Å². The van der Waals surface area contributed by atoms with Crippen LogP contribution >= 0.6 is 0 Å². The van der Waals surface area contributed by atoms with Crippen molar-refractivity contribution < 1.29 is 19.7 Å². The lowest BCUT2D eigenvalue weighted by atomic mass is 9.74. The summed E-state index contributed by atoms with van der Waals surface area (Å²) in [6, 6.07) is 5.66. The Morgan fingerprint density at radius 3 is 2.56 bits per heavy atom. The summed E-state index contributed by atoms with van der Waals surface area (Å²) >= 11 is 0. The summed E-state index contributed by atoms with van der Waals surface area (Å²) in [5, 5.41) is 20.1. The number of aliphatic hydroxyl groups excluding tert-OH is 1. The number of aliphatic imine (C=N–C) groups is 1. The molecule has 0 amide bonds. The van der Waals surface area contributed by atoms with Gasteiger partial charge >= 0.3 is 0 Å². The lowest BCUT2D eigenvalue weighted by Crippen LogP contribution is -2.43. The third-order valence-electron chi connectivity index (χ3n) is 6.79. The SMILES string of the molecule is COc1cc(N=C(N)N)ccc1C(CCCO)C1(C)CCc2c(C)c(O)c(C)c(C)c2O1. The summed E-state index contributed by atoms with van der Waals surface area (Å²) < 4.78 is 12.5. The molecule has 2 aromatic rings. The van der Waals surface area contributed by atoms with Crippen LogP contribution in [0.25, 0.3) is 0 Å². The van der Waals surface area contributed by atoms with E-state index < -0.39 is 5.60 Å². The van der Waals surface area contributed by atoms with Crippen molar-refractivity contribution in [2.75, 3.05) is 13.7 Å². The highest BCUT2D eigenvalue weighted by Crippen LogP contribution is 2.49. The topological polar surface area (TPSA) is 123 Å². The molecule has 2 unspecified atom stereocenters. The van der Waals surface area contributed by atoms with E-state index >= 15 is 0 Å². The van der Waals surface area contributed by atoms with Crippen LogP contribution in [0.4, 0.5) is 5.69 Å². The number of aromatic hydroxyl groups is 1. The molecule has 7 heteroatoms. The molecule has 174 valence electrons. The fourth-order valence-electron chi connectivity index (χ4n) is 4.80. The number of hydrogen-bond acceptors (Lipinski definition) is 5. The standard InChI is InChI=1S/C25H35N3O4/c1-14-15(2)23-18(16(3)22(14)30)10-11-25(4,32-23)20(7-6-12-29)19-9-8-17(28-24(26)27)13-21(19)31-5/h8-9,13,20,29-30H,6-7,10-12H2,1-5H3,(H4,26,27,28). The van der Waals surface area contributed by atoms with Crippen molar-refractivity contribution in [2.45, 2.75) is 64.9 Å². The van der Waals surface area contributed by atoms with E-state index in [2.05, 4.69) is 11.9 Å². The Morgan fingerprint density at radius 1 is 1.22 bits per heavy atom. The Kier molecular flexibility index (Phi) is 6.88. The van der Waals surface area contributed by atoms with Crippen LogP contribution in [-0.4, -0.2) is 35.5 Å². The molecule has 32 heavy (non-hydrogen) atoms. The number of hydrogen-bond donors (Lipinski definition) is 4. The van der Waals surface area contributed by atoms with E-state index in [9.17, 15) is 10.2 Å². The van der Waals surface area contributed by atoms with E-state index in [-0.39, 0.29) is 18.5 Å². The molecule has 0 aliphatic carbocycles. The lowest BCUT2D eigenvalue weighted by Gasteiger charge is -2.43. The van der Waals surface area contributed by atoms with Gasteiger partial charge < -0.3 is 31.2 Å². The normalized spacial score (nSPS) is 18.4. The number of ether oxygens (including phenoxy) is 2. The van der Waals surface area contributed by atoms with Crippen LogP contribution in [0.3, 0.4) is 0 Å². The first-order valence-electron chi connectivity index (χ1n) is 11.0. The quantitative estimate of drug-likeness (QED) is 0.382. The monoisotopic (exact) mass is 441 g/mol. The average Bonchev–Trinajstić information content (AvgIpc) is 2.76. The first kappa shape index (κ1) is 23.7. The zero-order valence-electron chi connectivity index (χ0n) is 19.7. The zero-order valence-corrected chi connectivity index (χ0v) is 19.7. The molecule has 1 heterocycles. The number of aliphatic hydroxyl groups is 1. The van der Waals surface area contributed by atoms with E-state index in [1.54, 1.807) is 7.11 Å². The number of guanidine groups is 1. The number of nitrogens with two attached hydrogens (primary N) is 2. The summed E-state index contributed by atoms with van der Waals surface area (Å²) in [6.45, 7) is 8.08. The number of fused-ring (bicyclic) bond motifs is 1. The van der Waals surface area contributed by atoms with Crippen LogP contribution in [0.15, 0.2) is 23.2 Å². The zero-order chi connectivity index (χ0) is 23.6. The van der Waals surface area contributed by atoms with Crippen LogP contribution in [-0.2, 0) is 6.42 Å². The highest BCUT2D eigenvalue weighted by molar-refractivity contribution is 5.79. The highest BCUT2D eigenvalue weighted by atomic mass is 16.5. The molecule has 0 fully saturated rings. The number of nitrogens with zero attached hydrogens (tertiary/aromatic N) is 1. The van der Waals surface area contributed by atoms with E-state index in [4.69, 9.17) is 20.9 Å². The highest BCUT2D eigenvalue weighted by Gasteiger charge is 2.42. The fraction of sp³-hybridized carbons (Fsp3) is 0.480. The van der Waals surface area contributed by atoms with Crippen LogP contribution < -0.4 is 20.9 Å². The lowest BCUT2D eigenvalue weighted by molar-refractivity contribution is 0.0294. The van der Waals surface area contributed by atoms with Gasteiger partial charge in [0.15, 0.2) is 5.96 Å². The number of phenols is 1. The Labute approximate surface area is 190 Å². The molecule has 6 N–H and O–H groups in total. The van der Waals surface area contributed by atoms with Gasteiger partial charge in [0.05, 0.1) is 12.8 Å². The van der Waals surface area contributed by atoms with Crippen molar-refractivity contribution in [3.05, 3.63) is 46.0 Å². The maximum Gasteiger partial charge on any atom is 0.191 e. The largest absolute Gasteiger partial charge is 0.507 e. The van der Waals surface area contributed by atoms with Gasteiger partial charge in [0.1, 0.15) is 22.8 Å². The molecule has 2 atom stereocenters. The molecule has 1 aliphatic rings. The van der Waals surface area contributed by atoms with Crippen molar-refractivity contribution in [3.8, 4) is 17.2 Å². The maximum atomic E-state index is 10.5. The summed E-state index contributed by atoms with van der Waals surface area (Å²) in [7, 11) is 1.63. The molecular weight excluding hydrogens is 406 g/mol. The molecule has 0 saturated carbocycles. The smallest absolute Gasteiger partial charge is 0.191 e. The van der Waals surface area contributed by atoms with Crippen LogP contribution in [0, 0.1) is 20.8 Å². The Bertz CT molecular complexity index is 1030. The summed E-state index contributed by atoms with van der Waals surface area (Å²) in [5.41, 5.74) is 15.9.